The molecule has 11 rings (SSSR count). The van der Waals surface area contributed by atoms with Crippen LogP contribution in [0.1, 0.15) is 89.1 Å². The molecule has 3 saturated heterocycles. The highest BCUT2D eigenvalue weighted by atomic mass is 35.5. The number of benzene rings is 4. The van der Waals surface area contributed by atoms with E-state index in [9.17, 15) is 20.0 Å². The molecule has 3 aliphatic rings. The van der Waals surface area contributed by atoms with Gasteiger partial charge in [0.15, 0.2) is 5.75 Å². The molecule has 8 aromatic rings. The molecule has 0 radical (unpaired) electrons. The number of nitrogens with two attached hydrogens (primary N) is 1. The maximum atomic E-state index is 15.3. The zero-order chi connectivity index (χ0) is 58.9. The van der Waals surface area contributed by atoms with Gasteiger partial charge in [-0.2, -0.15) is 15.2 Å². The lowest BCUT2D eigenvalue weighted by molar-refractivity contribution is -0.118. The van der Waals surface area contributed by atoms with Gasteiger partial charge in [-0.3, -0.25) is 14.6 Å². The average molecular weight is 1190 g/mol. The van der Waals surface area contributed by atoms with Gasteiger partial charge in [0, 0.05) is 84.7 Å². The Morgan fingerprint density at radius 2 is 1.70 bits per heavy atom. The number of methoxy groups -OCH3 is 1. The summed E-state index contributed by atoms with van der Waals surface area (Å²) in [7, 11) is 1.62. The number of hydrogen-bond acceptors (Lipinski definition) is 16. The smallest absolute Gasteiger partial charge is 0.319 e. The van der Waals surface area contributed by atoms with Gasteiger partial charge >= 0.3 is 6.01 Å². The minimum absolute atomic E-state index is 0.134. The van der Waals surface area contributed by atoms with Crippen LogP contribution in [0.15, 0.2) is 91.4 Å². The molecule has 18 nitrogen and oxygen atoms in total. The van der Waals surface area contributed by atoms with E-state index in [1.807, 2.05) is 77.3 Å². The fraction of sp³-hybridized carbons (Fsp3) is 0.377. The number of piperazine rings is 1. The Balaban J connectivity index is 0.000000250. The van der Waals surface area contributed by atoms with Gasteiger partial charge in [-0.25, -0.2) is 9.07 Å². The van der Waals surface area contributed by atoms with Gasteiger partial charge in [-0.15, -0.1) is 16.4 Å². The number of nitrogens with zero attached hydrogens (tertiary/aromatic N) is 9. The fourth-order valence-corrected chi connectivity index (χ4v) is 11.8. The predicted molar refractivity (Wildman–Crippen MR) is 323 cm³/mol. The molecule has 0 spiro atoms. The molecule has 4 aromatic heterocycles. The van der Waals surface area contributed by atoms with E-state index in [-0.39, 0.29) is 53.2 Å². The first-order valence-electron chi connectivity index (χ1n) is 27.6. The number of thiophene rings is 1. The van der Waals surface area contributed by atoms with Crippen LogP contribution in [0.5, 0.6) is 11.8 Å². The number of nitrogens with one attached hydrogen (secondary N) is 2. The van der Waals surface area contributed by atoms with Gasteiger partial charge in [0.1, 0.15) is 47.1 Å². The summed E-state index contributed by atoms with van der Waals surface area (Å²) in [6, 6.07) is 25.2. The minimum atomic E-state index is -0.485. The first kappa shape index (κ1) is 60.1. The summed E-state index contributed by atoms with van der Waals surface area (Å²) in [5.74, 6) is 0.949. The van der Waals surface area contributed by atoms with Crippen LogP contribution in [0, 0.1) is 23.1 Å². The number of aromatic nitrogens is 6. The van der Waals surface area contributed by atoms with Crippen LogP contribution >= 0.6 is 34.5 Å². The van der Waals surface area contributed by atoms with E-state index in [2.05, 4.69) is 64.6 Å². The third-order valence-electron chi connectivity index (χ3n) is 15.5. The second-order valence-corrected chi connectivity index (χ2v) is 23.2. The summed E-state index contributed by atoms with van der Waals surface area (Å²) < 4.78 is 35.9. The first-order chi connectivity index (χ1) is 40.1. The Hall–Kier alpha value is -7.51. The number of ether oxygens (including phenoxy) is 3. The second-order valence-electron chi connectivity index (χ2n) is 21.3. The number of nitrogen functional groups attached to an aromatic ring is 1. The van der Waals surface area contributed by atoms with E-state index in [1.54, 1.807) is 31.6 Å². The highest BCUT2D eigenvalue weighted by Crippen LogP contribution is 2.50. The van der Waals surface area contributed by atoms with Gasteiger partial charge < -0.3 is 45.5 Å². The molecule has 434 valence electrons. The highest BCUT2D eigenvalue weighted by molar-refractivity contribution is 7.23. The SMILES string of the molecule is CC1CCCN1C=O.CO[C@@H](C)COc1nc(N2CC3CCC(C2)N3)c2cc(Cl)c(-c3ccc(F)c4sc(N)c(C#N)c34)c(OCc3ccc(-c4cn(C(C)C(C)C)nn4)cc3)c2n1.O=CNC(CO)c1ccc(-c2cnccc2Cl)cc1. The number of aliphatic hydroxyl groups is 1. The van der Waals surface area contributed by atoms with Crippen molar-refractivity contribution in [2.75, 3.05) is 50.6 Å². The molecule has 2 amide bonds. The number of carbonyl (C=O) groups is 2. The number of aliphatic hydroxyl groups excluding tert-OH is 1. The van der Waals surface area contributed by atoms with Crippen LogP contribution in [0.4, 0.5) is 15.2 Å². The fourth-order valence-electron chi connectivity index (χ4n) is 10.4. The van der Waals surface area contributed by atoms with Crippen LogP contribution in [0.2, 0.25) is 10.0 Å². The predicted octanol–water partition coefficient (Wildman–Crippen LogP) is 11.0. The van der Waals surface area contributed by atoms with Gasteiger partial charge in [0.2, 0.25) is 12.8 Å². The van der Waals surface area contributed by atoms with Crippen molar-refractivity contribution in [2.45, 2.75) is 103 Å². The summed E-state index contributed by atoms with van der Waals surface area (Å²) in [5.41, 5.74) is 13.1. The molecule has 0 saturated carbocycles. The van der Waals surface area contributed by atoms with Gasteiger partial charge in [-0.05, 0) is 92.8 Å². The van der Waals surface area contributed by atoms with Crippen LogP contribution in [-0.2, 0) is 20.9 Å². The lowest BCUT2D eigenvalue weighted by Crippen LogP contribution is -2.51. The molecular formula is C61H67Cl2FN12O6S. The quantitative estimate of drug-likeness (QED) is 0.0585. The number of carbonyl (C=O) groups excluding carboxylic acids is 2. The van der Waals surface area contributed by atoms with Crippen molar-refractivity contribution in [3.8, 4) is 51.3 Å². The number of fused-ring (bicyclic) bond motifs is 4. The van der Waals surface area contributed by atoms with Crippen molar-refractivity contribution >= 4 is 79.2 Å². The summed E-state index contributed by atoms with van der Waals surface area (Å²) in [4.78, 5) is 38.6. The monoisotopic (exact) mass is 1180 g/mol. The van der Waals surface area contributed by atoms with E-state index in [0.29, 0.717) is 79.5 Å². The van der Waals surface area contributed by atoms with Gasteiger partial charge in [0.05, 0.1) is 51.3 Å². The zero-order valence-corrected chi connectivity index (χ0v) is 49.4. The van der Waals surface area contributed by atoms with Gasteiger partial charge in [0.25, 0.3) is 0 Å². The van der Waals surface area contributed by atoms with Crippen LogP contribution in [0.3, 0.4) is 0 Å². The molecule has 3 aliphatic heterocycles. The molecule has 22 heteroatoms. The van der Waals surface area contributed by atoms with Crippen LogP contribution in [0.25, 0.3) is 54.5 Å². The Labute approximate surface area is 495 Å². The molecule has 83 heavy (non-hydrogen) atoms. The molecule has 3 fully saturated rings. The van der Waals surface area contributed by atoms with Crippen molar-refractivity contribution in [2.24, 2.45) is 5.92 Å². The van der Waals surface area contributed by atoms with E-state index in [0.717, 1.165) is 83.7 Å². The van der Waals surface area contributed by atoms with Crippen molar-refractivity contribution in [1.82, 2.24) is 45.5 Å². The Kier molecular flexibility index (Phi) is 19.7. The van der Waals surface area contributed by atoms with Crippen LogP contribution < -0.4 is 30.7 Å². The van der Waals surface area contributed by atoms with E-state index in [1.165, 1.54) is 18.9 Å². The van der Waals surface area contributed by atoms with E-state index in [4.69, 9.17) is 53.1 Å². The maximum absolute atomic E-state index is 15.3. The zero-order valence-electron chi connectivity index (χ0n) is 47.1. The number of anilines is 2. The molecule has 5 N–H and O–H groups in total. The number of rotatable bonds is 18. The Bertz CT molecular complexity index is 3590. The number of likely N-dealkylation sites (tertiary alicyclic amines) is 1. The summed E-state index contributed by atoms with van der Waals surface area (Å²) in [6.45, 7) is 13.1. The third kappa shape index (κ3) is 13.6. The number of nitriles is 1. The maximum Gasteiger partial charge on any atom is 0.319 e. The normalized spacial score (nSPS) is 17.5. The third-order valence-corrected chi connectivity index (χ3v) is 17.2. The molecule has 6 atom stereocenters. The molecule has 7 heterocycles. The topological polar surface area (TPSA) is 232 Å². The molecular weight excluding hydrogens is 1120 g/mol. The first-order valence-corrected chi connectivity index (χ1v) is 29.2. The van der Waals surface area contributed by atoms with Gasteiger partial charge in [-0.1, -0.05) is 96.9 Å². The van der Waals surface area contributed by atoms with Crippen molar-refractivity contribution < 1.29 is 33.3 Å². The molecule has 5 unspecified atom stereocenters. The number of halogens is 3. The average Bonchev–Trinajstić information content (AvgIpc) is 4.47. The highest BCUT2D eigenvalue weighted by Gasteiger charge is 2.35. The number of hydrogen-bond donors (Lipinski definition) is 4. The molecule has 0 aliphatic carbocycles. The van der Waals surface area contributed by atoms with E-state index >= 15 is 4.39 Å². The second kappa shape index (κ2) is 27.3. The van der Waals surface area contributed by atoms with Crippen molar-refractivity contribution in [3.05, 3.63) is 124 Å². The summed E-state index contributed by atoms with van der Waals surface area (Å²) in [6.07, 6.45) is 11.1. The lowest BCUT2D eigenvalue weighted by Gasteiger charge is -2.34. The Morgan fingerprint density at radius 3 is 2.33 bits per heavy atom. The molecule has 4 aromatic carbocycles. The standard InChI is InChI=1S/C41H43ClFN9O3S.C14H13ClN2O2.C6H11NO/c1-21(2)23(4)52-18-33(49-50-52)25-8-6-24(7-9-25)20-54-37-35(28-12-13-32(43)38-34(28)30(15-44)39(45)56-38)31(42)14-29-36(37)47-41(55-19-22(3)53-5)48-40(29)51-16-26-10-11-27(17-51)46-26;15-13-5-6-16-7-12(13)10-1-3-11(4-2-10)14(8-18)17-9-19;1-6-3-2-4-7(6)5-8/h6-9,12-14,18,21-23,26-27,46H,10-11,16-17,19-20,45H2,1-5H3;1-7,9,14,18H,8H2,(H,17,19);5-6H,2-4H2,1H3/t22-,23?,26?,27?;;/m0../s1. The van der Waals surface area contributed by atoms with Crippen molar-refractivity contribution in [3.63, 3.8) is 0 Å². The van der Waals surface area contributed by atoms with E-state index < -0.39 is 11.9 Å². The lowest BCUT2D eigenvalue weighted by atomic mass is 9.96. The largest absolute Gasteiger partial charge is 0.486 e. The van der Waals surface area contributed by atoms with Crippen LogP contribution in [-0.4, -0.2) is 117 Å². The number of amides is 2. The van der Waals surface area contributed by atoms with Crippen molar-refractivity contribution in [1.29, 1.82) is 5.26 Å². The number of pyridine rings is 1. The Morgan fingerprint density at radius 1 is 0.964 bits per heavy atom. The summed E-state index contributed by atoms with van der Waals surface area (Å²) in [5, 5.41) is 36.6. The molecule has 2 bridgehead atoms. The summed E-state index contributed by atoms with van der Waals surface area (Å²) >= 11 is 14.4. The minimum Gasteiger partial charge on any atom is -0.486 e.